The molecule has 0 heterocycles. The topological polar surface area (TPSA) is 58.6 Å². The smallest absolute Gasteiger partial charge is 0.243 e. The SMILES string of the molecule is COc1ccc(SCC(=O)N(C)CC(=O)Nc2ccc(Br)cc2C)cc1. The van der Waals surface area contributed by atoms with Gasteiger partial charge in [0.25, 0.3) is 0 Å². The van der Waals surface area contributed by atoms with Crippen LogP contribution in [0.1, 0.15) is 5.56 Å². The first-order chi connectivity index (χ1) is 12.4. The van der Waals surface area contributed by atoms with Gasteiger partial charge in [0.1, 0.15) is 5.75 Å². The third kappa shape index (κ3) is 6.07. The van der Waals surface area contributed by atoms with Gasteiger partial charge in [-0.3, -0.25) is 9.59 Å². The van der Waals surface area contributed by atoms with Crippen LogP contribution in [0.4, 0.5) is 5.69 Å². The Hall–Kier alpha value is -1.99. The average Bonchev–Trinajstić information content (AvgIpc) is 2.62. The maximum atomic E-state index is 12.2. The highest BCUT2D eigenvalue weighted by molar-refractivity contribution is 9.10. The van der Waals surface area contributed by atoms with E-state index in [1.807, 2.05) is 49.4 Å². The number of halogens is 1. The molecule has 2 amide bonds. The Labute approximate surface area is 166 Å². The second kappa shape index (κ2) is 9.64. The summed E-state index contributed by atoms with van der Waals surface area (Å²) in [6.45, 7) is 1.93. The Morgan fingerprint density at radius 1 is 1.19 bits per heavy atom. The van der Waals surface area contributed by atoms with Crippen molar-refractivity contribution < 1.29 is 14.3 Å². The van der Waals surface area contributed by atoms with E-state index in [1.165, 1.54) is 16.7 Å². The number of anilines is 1. The van der Waals surface area contributed by atoms with Crippen LogP contribution >= 0.6 is 27.7 Å². The second-order valence-electron chi connectivity index (χ2n) is 5.72. The molecule has 5 nitrogen and oxygen atoms in total. The average molecular weight is 437 g/mol. The largest absolute Gasteiger partial charge is 0.497 e. The van der Waals surface area contributed by atoms with Gasteiger partial charge in [0, 0.05) is 22.1 Å². The molecule has 2 rings (SSSR count). The Bertz CT molecular complexity index is 781. The minimum Gasteiger partial charge on any atom is -0.497 e. The number of benzene rings is 2. The molecule has 0 saturated carbocycles. The first kappa shape index (κ1) is 20.3. The lowest BCUT2D eigenvalue weighted by Gasteiger charge is -2.17. The molecule has 2 aromatic rings. The molecule has 0 bridgehead atoms. The van der Waals surface area contributed by atoms with Gasteiger partial charge in [-0.15, -0.1) is 11.8 Å². The molecule has 0 atom stereocenters. The Balaban J connectivity index is 1.82. The first-order valence-electron chi connectivity index (χ1n) is 7.96. The van der Waals surface area contributed by atoms with Crippen molar-refractivity contribution in [3.8, 4) is 5.75 Å². The second-order valence-corrected chi connectivity index (χ2v) is 7.69. The number of carbonyl (C=O) groups excluding carboxylic acids is 2. The van der Waals surface area contributed by atoms with Crippen molar-refractivity contribution in [2.45, 2.75) is 11.8 Å². The highest BCUT2D eigenvalue weighted by atomic mass is 79.9. The zero-order chi connectivity index (χ0) is 19.1. The number of amides is 2. The lowest BCUT2D eigenvalue weighted by atomic mass is 10.2. The maximum Gasteiger partial charge on any atom is 0.243 e. The fourth-order valence-electron chi connectivity index (χ4n) is 2.19. The van der Waals surface area contributed by atoms with Gasteiger partial charge in [0.2, 0.25) is 11.8 Å². The van der Waals surface area contributed by atoms with E-state index < -0.39 is 0 Å². The molecule has 0 aliphatic heterocycles. The molecule has 2 aromatic carbocycles. The monoisotopic (exact) mass is 436 g/mol. The fourth-order valence-corrected chi connectivity index (χ4v) is 3.50. The van der Waals surface area contributed by atoms with Gasteiger partial charge in [0.05, 0.1) is 19.4 Å². The molecule has 0 aliphatic rings. The zero-order valence-corrected chi connectivity index (χ0v) is 17.3. The number of rotatable bonds is 7. The molecule has 26 heavy (non-hydrogen) atoms. The van der Waals surface area contributed by atoms with Crippen molar-refractivity contribution in [3.63, 3.8) is 0 Å². The van der Waals surface area contributed by atoms with Crippen LogP contribution in [0.3, 0.4) is 0 Å². The molecule has 0 aromatic heterocycles. The maximum absolute atomic E-state index is 12.2. The molecule has 0 fully saturated rings. The molecule has 0 unspecified atom stereocenters. The highest BCUT2D eigenvalue weighted by Crippen LogP contribution is 2.22. The van der Waals surface area contributed by atoms with Crippen LogP contribution in [-0.2, 0) is 9.59 Å². The molecule has 138 valence electrons. The van der Waals surface area contributed by atoms with E-state index in [-0.39, 0.29) is 24.1 Å². The van der Waals surface area contributed by atoms with E-state index in [2.05, 4.69) is 21.2 Å². The Morgan fingerprint density at radius 2 is 1.88 bits per heavy atom. The third-order valence-corrected chi connectivity index (χ3v) is 5.18. The van der Waals surface area contributed by atoms with E-state index in [0.29, 0.717) is 0 Å². The fraction of sp³-hybridized carbons (Fsp3) is 0.263. The number of likely N-dealkylation sites (N-methyl/N-ethyl adjacent to an activating group) is 1. The summed E-state index contributed by atoms with van der Waals surface area (Å²) in [7, 11) is 3.24. The predicted octanol–water partition coefficient (Wildman–Crippen LogP) is 3.96. The van der Waals surface area contributed by atoms with Gasteiger partial charge in [-0.2, -0.15) is 0 Å². The number of carbonyl (C=O) groups is 2. The van der Waals surface area contributed by atoms with Gasteiger partial charge in [-0.1, -0.05) is 15.9 Å². The summed E-state index contributed by atoms with van der Waals surface area (Å²) in [6, 6.07) is 13.1. The van der Waals surface area contributed by atoms with Gasteiger partial charge >= 0.3 is 0 Å². The highest BCUT2D eigenvalue weighted by Gasteiger charge is 2.14. The number of nitrogens with one attached hydrogen (secondary N) is 1. The summed E-state index contributed by atoms with van der Waals surface area (Å²) in [5, 5.41) is 2.84. The quantitative estimate of drug-likeness (QED) is 0.667. The summed E-state index contributed by atoms with van der Waals surface area (Å²) < 4.78 is 6.06. The van der Waals surface area contributed by atoms with Gasteiger partial charge in [-0.05, 0) is 55.0 Å². The number of ether oxygens (including phenoxy) is 1. The number of nitrogens with zero attached hydrogens (tertiary/aromatic N) is 1. The van der Waals surface area contributed by atoms with Crippen LogP contribution in [0.5, 0.6) is 5.75 Å². The third-order valence-electron chi connectivity index (χ3n) is 3.69. The molecule has 0 aliphatic carbocycles. The van der Waals surface area contributed by atoms with Crippen molar-refractivity contribution in [1.82, 2.24) is 4.90 Å². The summed E-state index contributed by atoms with van der Waals surface area (Å²) in [5.74, 6) is 0.722. The van der Waals surface area contributed by atoms with E-state index in [4.69, 9.17) is 4.74 Å². The molecule has 1 N–H and O–H groups in total. The molecular formula is C19H21BrN2O3S. The molecule has 0 spiro atoms. The number of methoxy groups -OCH3 is 1. The lowest BCUT2D eigenvalue weighted by molar-refractivity contribution is -0.131. The predicted molar refractivity (Wildman–Crippen MR) is 109 cm³/mol. The zero-order valence-electron chi connectivity index (χ0n) is 14.9. The van der Waals surface area contributed by atoms with Gasteiger partial charge in [-0.25, -0.2) is 0 Å². The van der Waals surface area contributed by atoms with Crippen molar-refractivity contribution in [2.24, 2.45) is 0 Å². The van der Waals surface area contributed by atoms with Crippen molar-refractivity contribution in [1.29, 1.82) is 0 Å². The standard InChI is InChI=1S/C19H21BrN2O3S/c1-13-10-14(20)4-9-17(13)21-18(23)11-22(2)19(24)12-26-16-7-5-15(25-3)6-8-16/h4-10H,11-12H2,1-3H3,(H,21,23). The van der Waals surface area contributed by atoms with Crippen LogP contribution in [-0.4, -0.2) is 43.2 Å². The first-order valence-corrected chi connectivity index (χ1v) is 9.73. The van der Waals surface area contributed by atoms with E-state index in [9.17, 15) is 9.59 Å². The Kier molecular flexibility index (Phi) is 7.53. The van der Waals surface area contributed by atoms with E-state index in [0.717, 1.165) is 26.4 Å². The summed E-state index contributed by atoms with van der Waals surface area (Å²) in [6.07, 6.45) is 0. The van der Waals surface area contributed by atoms with E-state index >= 15 is 0 Å². The number of aryl methyl sites for hydroxylation is 1. The van der Waals surface area contributed by atoms with Crippen LogP contribution in [0.25, 0.3) is 0 Å². The number of thioether (sulfide) groups is 1. The minimum absolute atomic E-state index is 0.0114. The van der Waals surface area contributed by atoms with Crippen molar-refractivity contribution in [2.75, 3.05) is 31.8 Å². The summed E-state index contributed by atoms with van der Waals surface area (Å²) in [4.78, 5) is 26.8. The van der Waals surface area contributed by atoms with Crippen LogP contribution in [0.2, 0.25) is 0 Å². The lowest BCUT2D eigenvalue weighted by Crippen LogP contribution is -2.36. The molecule has 0 radical (unpaired) electrons. The normalized spacial score (nSPS) is 10.3. The van der Waals surface area contributed by atoms with Crippen molar-refractivity contribution in [3.05, 3.63) is 52.5 Å². The van der Waals surface area contributed by atoms with Crippen LogP contribution in [0.15, 0.2) is 51.8 Å². The van der Waals surface area contributed by atoms with E-state index in [1.54, 1.807) is 14.2 Å². The molecule has 0 saturated heterocycles. The number of hydrogen-bond acceptors (Lipinski definition) is 4. The number of hydrogen-bond donors (Lipinski definition) is 1. The summed E-state index contributed by atoms with van der Waals surface area (Å²) >= 11 is 4.82. The van der Waals surface area contributed by atoms with Gasteiger partial charge < -0.3 is 15.0 Å². The molecule has 7 heteroatoms. The van der Waals surface area contributed by atoms with Crippen LogP contribution < -0.4 is 10.1 Å². The van der Waals surface area contributed by atoms with Gasteiger partial charge in [0.15, 0.2) is 0 Å². The molecular weight excluding hydrogens is 416 g/mol. The Morgan fingerprint density at radius 3 is 2.50 bits per heavy atom. The van der Waals surface area contributed by atoms with Crippen molar-refractivity contribution >= 4 is 45.2 Å². The minimum atomic E-state index is -0.222. The summed E-state index contributed by atoms with van der Waals surface area (Å²) in [5.41, 5.74) is 1.70. The van der Waals surface area contributed by atoms with Crippen LogP contribution in [0, 0.1) is 6.92 Å².